The third-order valence-electron chi connectivity index (χ3n) is 5.40. The van der Waals surface area contributed by atoms with Crippen LogP contribution < -0.4 is 0 Å². The Bertz CT molecular complexity index is 782. The summed E-state index contributed by atoms with van der Waals surface area (Å²) in [5.74, 6) is 0.00748. The van der Waals surface area contributed by atoms with Gasteiger partial charge in [-0.15, -0.1) is 0 Å². The topological polar surface area (TPSA) is 71.1 Å². The lowest BCUT2D eigenvalue weighted by molar-refractivity contribution is -0.120. The number of methoxy groups -OCH3 is 2. The third kappa shape index (κ3) is 3.51. The van der Waals surface area contributed by atoms with Gasteiger partial charge in [-0.25, -0.2) is 0 Å². The summed E-state index contributed by atoms with van der Waals surface area (Å²) in [4.78, 5) is 25.6. The highest BCUT2D eigenvalue weighted by atomic mass is 16.7. The van der Waals surface area contributed by atoms with E-state index in [0.717, 1.165) is 16.7 Å². The minimum atomic E-state index is -0.359. The van der Waals surface area contributed by atoms with E-state index in [9.17, 15) is 9.59 Å². The largest absolute Gasteiger partial charge is 0.493 e. The van der Waals surface area contributed by atoms with Crippen molar-refractivity contribution in [3.63, 3.8) is 0 Å². The molecule has 2 atom stereocenters. The van der Waals surface area contributed by atoms with Crippen LogP contribution in [0.4, 0.5) is 0 Å². The zero-order chi connectivity index (χ0) is 21.2. The number of carbonyl (C=O) groups is 2. The number of allylic oxidation sites excluding steroid dienone is 5. The van der Waals surface area contributed by atoms with Gasteiger partial charge in [-0.3, -0.25) is 9.59 Å². The standard InChI is InChI=1S/C22H28O6/c1-9-15(25-7)18(23)20-13(5)11(3)17-12(4)14(6)21(28-22(17)27-20)19(24)16(10-2)26-8/h9-12H,1-8H3. The predicted octanol–water partition coefficient (Wildman–Crippen LogP) is 4.32. The first-order chi connectivity index (χ1) is 13.2. The molecule has 0 fully saturated rings. The number of carbonyl (C=O) groups excluding carboxylic acids is 2. The van der Waals surface area contributed by atoms with E-state index in [0.29, 0.717) is 0 Å². The smallest absolute Gasteiger partial charge is 0.290 e. The molecule has 0 aromatic heterocycles. The van der Waals surface area contributed by atoms with Gasteiger partial charge < -0.3 is 18.9 Å². The van der Waals surface area contributed by atoms with Crippen LogP contribution in [0.2, 0.25) is 0 Å². The van der Waals surface area contributed by atoms with Gasteiger partial charge in [-0.1, -0.05) is 13.8 Å². The maximum absolute atomic E-state index is 12.8. The van der Waals surface area contributed by atoms with Gasteiger partial charge in [-0.05, 0) is 51.0 Å². The summed E-state index contributed by atoms with van der Waals surface area (Å²) >= 11 is 0. The van der Waals surface area contributed by atoms with Crippen LogP contribution in [0, 0.1) is 11.8 Å². The lowest BCUT2D eigenvalue weighted by Crippen LogP contribution is -2.30. The Kier molecular flexibility index (Phi) is 6.54. The molecule has 0 aliphatic carbocycles. The number of ether oxygens (including phenoxy) is 4. The number of rotatable bonds is 6. The molecule has 6 heteroatoms. The molecule has 0 aromatic carbocycles. The zero-order valence-corrected chi connectivity index (χ0v) is 17.8. The molecule has 2 aliphatic rings. The molecule has 0 saturated carbocycles. The predicted molar refractivity (Wildman–Crippen MR) is 104 cm³/mol. The first-order valence-electron chi connectivity index (χ1n) is 9.24. The summed E-state index contributed by atoms with van der Waals surface area (Å²) in [6, 6.07) is 0. The Morgan fingerprint density at radius 2 is 1.18 bits per heavy atom. The fourth-order valence-corrected chi connectivity index (χ4v) is 3.43. The molecular weight excluding hydrogens is 360 g/mol. The van der Waals surface area contributed by atoms with Gasteiger partial charge in [0.25, 0.3) is 17.5 Å². The molecule has 0 spiro atoms. The number of hydrogen-bond acceptors (Lipinski definition) is 6. The molecule has 152 valence electrons. The van der Waals surface area contributed by atoms with E-state index >= 15 is 0 Å². The van der Waals surface area contributed by atoms with Crippen LogP contribution in [0.5, 0.6) is 0 Å². The summed E-state index contributed by atoms with van der Waals surface area (Å²) in [6.07, 6.45) is 3.17. The van der Waals surface area contributed by atoms with Crippen LogP contribution in [-0.2, 0) is 28.5 Å². The average molecular weight is 388 g/mol. The highest BCUT2D eigenvalue weighted by Crippen LogP contribution is 2.45. The summed E-state index contributed by atoms with van der Waals surface area (Å²) in [5.41, 5.74) is 2.50. The SMILES string of the molecule is CC=C(OC)C(=O)C1=C(C)C(C)C2=C(O1)OC(C(=O)C(=CC)OC)=C(C)C2C. The average Bonchev–Trinajstić information content (AvgIpc) is 2.68. The third-order valence-corrected chi connectivity index (χ3v) is 5.40. The van der Waals surface area contributed by atoms with E-state index in [2.05, 4.69) is 0 Å². The number of Topliss-reactive ketones (excluding diaryl/α,β-unsaturated/α-hetero) is 2. The summed E-state index contributed by atoms with van der Waals surface area (Å²) in [7, 11) is 2.87. The Morgan fingerprint density at radius 1 is 0.821 bits per heavy atom. The zero-order valence-electron chi connectivity index (χ0n) is 17.8. The van der Waals surface area contributed by atoms with Gasteiger partial charge in [0.05, 0.1) is 14.2 Å². The molecule has 2 rings (SSSR count). The van der Waals surface area contributed by atoms with Crippen LogP contribution in [0.3, 0.4) is 0 Å². The highest BCUT2D eigenvalue weighted by Gasteiger charge is 2.40. The quantitative estimate of drug-likeness (QED) is 0.499. The van der Waals surface area contributed by atoms with Gasteiger partial charge in [0.1, 0.15) is 0 Å². The monoisotopic (exact) mass is 388 g/mol. The van der Waals surface area contributed by atoms with Crippen LogP contribution in [0.15, 0.2) is 57.9 Å². The van der Waals surface area contributed by atoms with Crippen molar-refractivity contribution in [1.82, 2.24) is 0 Å². The van der Waals surface area contributed by atoms with E-state index in [1.165, 1.54) is 14.2 Å². The number of hydrogen-bond donors (Lipinski definition) is 0. The molecule has 2 heterocycles. The van der Waals surface area contributed by atoms with Crippen molar-refractivity contribution in [3.05, 3.63) is 57.9 Å². The molecule has 0 amide bonds. The van der Waals surface area contributed by atoms with Crippen LogP contribution in [0.25, 0.3) is 0 Å². The maximum Gasteiger partial charge on any atom is 0.290 e. The Hall–Kier alpha value is -2.76. The minimum absolute atomic E-state index is 0.0807. The van der Waals surface area contributed by atoms with Crippen LogP contribution >= 0.6 is 0 Å². The second-order valence-electron chi connectivity index (χ2n) is 6.79. The van der Waals surface area contributed by atoms with Crippen molar-refractivity contribution in [3.8, 4) is 0 Å². The van der Waals surface area contributed by atoms with Crippen molar-refractivity contribution in [2.24, 2.45) is 11.8 Å². The van der Waals surface area contributed by atoms with E-state index in [1.807, 2.05) is 27.7 Å². The van der Waals surface area contributed by atoms with E-state index in [4.69, 9.17) is 18.9 Å². The van der Waals surface area contributed by atoms with Crippen molar-refractivity contribution in [1.29, 1.82) is 0 Å². The molecule has 28 heavy (non-hydrogen) atoms. The normalized spacial score (nSPS) is 23.1. The van der Waals surface area contributed by atoms with Crippen molar-refractivity contribution >= 4 is 11.6 Å². The molecule has 0 saturated heterocycles. The van der Waals surface area contributed by atoms with Crippen molar-refractivity contribution < 1.29 is 28.5 Å². The maximum atomic E-state index is 12.8. The Labute approximate surface area is 166 Å². The summed E-state index contributed by atoms with van der Waals surface area (Å²) in [6.45, 7) is 11.1. The summed E-state index contributed by atoms with van der Waals surface area (Å²) < 4.78 is 22.1. The van der Waals surface area contributed by atoms with Gasteiger partial charge in [-0.2, -0.15) is 0 Å². The fourth-order valence-electron chi connectivity index (χ4n) is 3.43. The second kappa shape index (κ2) is 8.50. The fraction of sp³-hybridized carbons (Fsp3) is 0.455. The first-order valence-corrected chi connectivity index (χ1v) is 9.24. The van der Waals surface area contributed by atoms with Gasteiger partial charge in [0.15, 0.2) is 23.0 Å². The molecule has 2 aliphatic heterocycles. The Balaban J connectivity index is 2.45. The first kappa shape index (κ1) is 21.5. The molecule has 6 nitrogen and oxygen atoms in total. The lowest BCUT2D eigenvalue weighted by Gasteiger charge is -2.35. The molecule has 0 radical (unpaired) electrons. The van der Waals surface area contributed by atoms with Crippen LogP contribution in [0.1, 0.15) is 41.5 Å². The van der Waals surface area contributed by atoms with E-state index in [-0.39, 0.29) is 52.4 Å². The highest BCUT2D eigenvalue weighted by molar-refractivity contribution is 6.07. The van der Waals surface area contributed by atoms with Gasteiger partial charge in [0.2, 0.25) is 0 Å². The molecule has 0 aromatic rings. The van der Waals surface area contributed by atoms with Gasteiger partial charge in [0, 0.05) is 17.4 Å². The van der Waals surface area contributed by atoms with Crippen molar-refractivity contribution in [2.75, 3.05) is 14.2 Å². The lowest BCUT2D eigenvalue weighted by atomic mass is 9.79. The molecular formula is C22H28O6. The molecule has 0 bridgehead atoms. The van der Waals surface area contributed by atoms with E-state index in [1.54, 1.807) is 26.0 Å². The second-order valence-corrected chi connectivity index (χ2v) is 6.79. The van der Waals surface area contributed by atoms with Crippen molar-refractivity contribution in [2.45, 2.75) is 41.5 Å². The molecule has 2 unspecified atom stereocenters. The Morgan fingerprint density at radius 3 is 1.46 bits per heavy atom. The summed E-state index contributed by atoms with van der Waals surface area (Å²) in [5, 5.41) is 0. The molecule has 0 N–H and O–H groups in total. The van der Waals surface area contributed by atoms with E-state index < -0.39 is 0 Å². The van der Waals surface area contributed by atoms with Gasteiger partial charge >= 0.3 is 0 Å². The number of ketones is 2. The van der Waals surface area contributed by atoms with Crippen LogP contribution in [-0.4, -0.2) is 25.8 Å². The minimum Gasteiger partial charge on any atom is -0.493 e.